The van der Waals surface area contributed by atoms with Crippen LogP contribution in [0.5, 0.6) is 0 Å². The molecular formula is C14H27NO3. The van der Waals surface area contributed by atoms with Crippen LogP contribution in [0.3, 0.4) is 0 Å². The lowest BCUT2D eigenvalue weighted by molar-refractivity contribution is -0.102. The molecule has 106 valence electrons. The molecular weight excluding hydrogens is 230 g/mol. The molecule has 0 bridgehead atoms. The Morgan fingerprint density at radius 1 is 1.22 bits per heavy atom. The molecule has 2 fully saturated rings. The Labute approximate surface area is 110 Å². The van der Waals surface area contributed by atoms with Gasteiger partial charge in [-0.25, -0.2) is 0 Å². The molecule has 4 nitrogen and oxygen atoms in total. The van der Waals surface area contributed by atoms with Crippen molar-refractivity contribution in [1.29, 1.82) is 0 Å². The number of nitrogens with one attached hydrogen (secondary N) is 1. The molecule has 2 aliphatic rings. The van der Waals surface area contributed by atoms with Gasteiger partial charge in [-0.1, -0.05) is 6.92 Å². The highest BCUT2D eigenvalue weighted by Crippen LogP contribution is 2.19. The fourth-order valence-corrected chi connectivity index (χ4v) is 2.86. The highest BCUT2D eigenvalue weighted by molar-refractivity contribution is 4.79. The minimum Gasteiger partial charge on any atom is -0.378 e. The second kappa shape index (κ2) is 8.10. The average Bonchev–Trinajstić information content (AvgIpc) is 2.92. The predicted octanol–water partition coefficient (Wildman–Crippen LogP) is 1.73. The van der Waals surface area contributed by atoms with Crippen molar-refractivity contribution >= 4 is 0 Å². The van der Waals surface area contributed by atoms with E-state index in [9.17, 15) is 0 Å². The Morgan fingerprint density at radius 3 is 2.83 bits per heavy atom. The van der Waals surface area contributed by atoms with Gasteiger partial charge < -0.3 is 19.5 Å². The quantitative estimate of drug-likeness (QED) is 0.754. The number of hydrogen-bond acceptors (Lipinski definition) is 4. The summed E-state index contributed by atoms with van der Waals surface area (Å²) in [5, 5.41) is 3.53. The molecule has 2 aliphatic heterocycles. The summed E-state index contributed by atoms with van der Waals surface area (Å²) in [4.78, 5) is 0. The largest absolute Gasteiger partial charge is 0.378 e. The number of rotatable bonds is 7. The maximum atomic E-state index is 5.80. The maximum absolute atomic E-state index is 5.80. The summed E-state index contributed by atoms with van der Waals surface area (Å²) in [6, 6.07) is 0.428. The first-order valence-electron chi connectivity index (χ1n) is 7.44. The highest BCUT2D eigenvalue weighted by atomic mass is 16.6. The first-order valence-corrected chi connectivity index (χ1v) is 7.44. The third kappa shape index (κ3) is 4.50. The number of ether oxygens (including phenoxy) is 3. The van der Waals surface area contributed by atoms with Crippen LogP contribution in [0.15, 0.2) is 0 Å². The first-order chi connectivity index (χ1) is 8.90. The van der Waals surface area contributed by atoms with Crippen LogP contribution in [-0.4, -0.2) is 51.2 Å². The van der Waals surface area contributed by atoms with Crippen molar-refractivity contribution in [2.45, 2.75) is 57.3 Å². The Kier molecular flexibility index (Phi) is 6.41. The van der Waals surface area contributed by atoms with Crippen molar-refractivity contribution in [3.05, 3.63) is 0 Å². The zero-order chi connectivity index (χ0) is 12.6. The van der Waals surface area contributed by atoms with Crippen molar-refractivity contribution in [3.63, 3.8) is 0 Å². The predicted molar refractivity (Wildman–Crippen MR) is 70.8 cm³/mol. The Hall–Kier alpha value is -0.160. The van der Waals surface area contributed by atoms with E-state index in [1.807, 2.05) is 0 Å². The van der Waals surface area contributed by atoms with Gasteiger partial charge in [0.1, 0.15) is 0 Å². The van der Waals surface area contributed by atoms with E-state index in [1.165, 1.54) is 25.7 Å². The smallest absolute Gasteiger partial charge is 0.0962 e. The summed E-state index contributed by atoms with van der Waals surface area (Å²) in [6.45, 7) is 6.31. The molecule has 18 heavy (non-hydrogen) atoms. The summed E-state index contributed by atoms with van der Waals surface area (Å²) in [5.41, 5.74) is 0. The maximum Gasteiger partial charge on any atom is 0.0962 e. The number of hydrogen-bond donors (Lipinski definition) is 1. The Balaban J connectivity index is 1.67. The molecule has 2 saturated heterocycles. The van der Waals surface area contributed by atoms with Crippen molar-refractivity contribution in [1.82, 2.24) is 5.32 Å². The molecule has 0 aromatic carbocycles. The molecule has 0 radical (unpaired) electrons. The molecule has 3 unspecified atom stereocenters. The van der Waals surface area contributed by atoms with Crippen LogP contribution in [0.25, 0.3) is 0 Å². The van der Waals surface area contributed by atoms with Crippen LogP contribution >= 0.6 is 0 Å². The summed E-state index contributed by atoms with van der Waals surface area (Å²) >= 11 is 0. The Bertz CT molecular complexity index is 213. The first kappa shape index (κ1) is 14.3. The minimum atomic E-state index is 0.225. The monoisotopic (exact) mass is 257 g/mol. The van der Waals surface area contributed by atoms with Crippen LogP contribution < -0.4 is 5.32 Å². The second-order valence-electron chi connectivity index (χ2n) is 5.21. The van der Waals surface area contributed by atoms with Crippen LogP contribution in [0.2, 0.25) is 0 Å². The van der Waals surface area contributed by atoms with E-state index in [1.54, 1.807) is 0 Å². The van der Waals surface area contributed by atoms with Crippen LogP contribution in [0.4, 0.5) is 0 Å². The van der Waals surface area contributed by atoms with Gasteiger partial charge in [-0.05, 0) is 38.6 Å². The SMILES string of the molecule is CCNC(CCCC1CCCO1)C1COCCO1. The lowest BCUT2D eigenvalue weighted by Gasteiger charge is -2.31. The van der Waals surface area contributed by atoms with E-state index < -0.39 is 0 Å². The van der Waals surface area contributed by atoms with E-state index in [-0.39, 0.29) is 6.10 Å². The molecule has 0 aliphatic carbocycles. The summed E-state index contributed by atoms with van der Waals surface area (Å²) in [6.07, 6.45) is 6.77. The average molecular weight is 257 g/mol. The van der Waals surface area contributed by atoms with E-state index in [0.29, 0.717) is 12.1 Å². The standard InChI is InChI=1S/C14H27NO3/c1-2-15-13(14-11-16-9-10-18-14)7-3-5-12-6-4-8-17-12/h12-15H,2-11H2,1H3. The van der Waals surface area contributed by atoms with Crippen LogP contribution in [-0.2, 0) is 14.2 Å². The van der Waals surface area contributed by atoms with E-state index in [0.717, 1.165) is 39.4 Å². The molecule has 1 N–H and O–H groups in total. The molecule has 2 heterocycles. The zero-order valence-electron chi connectivity index (χ0n) is 11.5. The van der Waals surface area contributed by atoms with Gasteiger partial charge in [-0.15, -0.1) is 0 Å². The summed E-state index contributed by atoms with van der Waals surface area (Å²) in [7, 11) is 0. The zero-order valence-corrected chi connectivity index (χ0v) is 11.5. The van der Waals surface area contributed by atoms with Crippen molar-refractivity contribution in [3.8, 4) is 0 Å². The van der Waals surface area contributed by atoms with Gasteiger partial charge in [0.15, 0.2) is 0 Å². The molecule has 0 saturated carbocycles. The molecule has 3 atom stereocenters. The van der Waals surface area contributed by atoms with E-state index in [4.69, 9.17) is 14.2 Å². The molecule has 2 rings (SSSR count). The lowest BCUT2D eigenvalue weighted by atomic mass is 10.0. The normalized spacial score (nSPS) is 30.5. The third-order valence-electron chi connectivity index (χ3n) is 3.82. The fraction of sp³-hybridized carbons (Fsp3) is 1.00. The van der Waals surface area contributed by atoms with Crippen molar-refractivity contribution in [2.75, 3.05) is 33.0 Å². The van der Waals surface area contributed by atoms with Crippen molar-refractivity contribution in [2.24, 2.45) is 0 Å². The number of likely N-dealkylation sites (N-methyl/N-ethyl adjacent to an activating group) is 1. The molecule has 4 heteroatoms. The van der Waals surface area contributed by atoms with Crippen molar-refractivity contribution < 1.29 is 14.2 Å². The second-order valence-corrected chi connectivity index (χ2v) is 5.21. The summed E-state index contributed by atoms with van der Waals surface area (Å²) < 4.78 is 17.0. The van der Waals surface area contributed by atoms with E-state index in [2.05, 4.69) is 12.2 Å². The molecule has 0 amide bonds. The van der Waals surface area contributed by atoms with Gasteiger partial charge in [-0.3, -0.25) is 0 Å². The molecule has 0 aromatic rings. The van der Waals surface area contributed by atoms with Gasteiger partial charge in [-0.2, -0.15) is 0 Å². The highest BCUT2D eigenvalue weighted by Gasteiger charge is 2.24. The van der Waals surface area contributed by atoms with Gasteiger partial charge >= 0.3 is 0 Å². The summed E-state index contributed by atoms with van der Waals surface area (Å²) in [5.74, 6) is 0. The van der Waals surface area contributed by atoms with Gasteiger partial charge in [0, 0.05) is 12.6 Å². The van der Waals surface area contributed by atoms with Crippen LogP contribution in [0, 0.1) is 0 Å². The molecule has 0 spiro atoms. The topological polar surface area (TPSA) is 39.7 Å². The van der Waals surface area contributed by atoms with Gasteiger partial charge in [0.2, 0.25) is 0 Å². The van der Waals surface area contributed by atoms with Gasteiger partial charge in [0.05, 0.1) is 32.0 Å². The van der Waals surface area contributed by atoms with E-state index >= 15 is 0 Å². The fourth-order valence-electron chi connectivity index (χ4n) is 2.86. The van der Waals surface area contributed by atoms with Gasteiger partial charge in [0.25, 0.3) is 0 Å². The lowest BCUT2D eigenvalue weighted by Crippen LogP contribution is -2.46. The molecule has 0 aromatic heterocycles. The van der Waals surface area contributed by atoms with Crippen LogP contribution in [0.1, 0.15) is 39.0 Å². The minimum absolute atomic E-state index is 0.225. The third-order valence-corrected chi connectivity index (χ3v) is 3.82. The Morgan fingerprint density at radius 2 is 2.17 bits per heavy atom.